The molecule has 0 aliphatic heterocycles. The summed E-state index contributed by atoms with van der Waals surface area (Å²) in [7, 11) is 0. The van der Waals surface area contributed by atoms with Gasteiger partial charge in [-0.3, -0.25) is 9.59 Å². The van der Waals surface area contributed by atoms with Gasteiger partial charge in [0.25, 0.3) is 5.91 Å². The number of fused-ring (bicyclic) bond motifs is 2. The van der Waals surface area contributed by atoms with E-state index in [1.54, 1.807) is 36.4 Å². The largest absolute Gasteiger partial charge is 0.459 e. The van der Waals surface area contributed by atoms with Gasteiger partial charge < -0.3 is 15.1 Å². The highest BCUT2D eigenvalue weighted by molar-refractivity contribution is 6.02. The first-order valence-electron chi connectivity index (χ1n) is 8.92. The first kappa shape index (κ1) is 15.9. The lowest BCUT2D eigenvalue weighted by Gasteiger charge is -2.20. The molecule has 130 valence electrons. The van der Waals surface area contributed by atoms with Gasteiger partial charge in [0.2, 0.25) is 5.91 Å². The summed E-state index contributed by atoms with van der Waals surface area (Å²) in [5.74, 6) is 2.24. The number of anilines is 2. The van der Waals surface area contributed by atoms with E-state index in [0.29, 0.717) is 18.0 Å². The average molecular weight is 338 g/mol. The van der Waals surface area contributed by atoms with Gasteiger partial charge in [0.05, 0.1) is 6.26 Å². The quantitative estimate of drug-likeness (QED) is 0.854. The zero-order valence-electron chi connectivity index (χ0n) is 14.0. The fourth-order valence-electron chi connectivity index (χ4n) is 4.31. The Morgan fingerprint density at radius 2 is 1.76 bits per heavy atom. The Labute approximate surface area is 146 Å². The number of nitrogens with one attached hydrogen (secondary N) is 2. The van der Waals surface area contributed by atoms with Gasteiger partial charge in [0, 0.05) is 17.8 Å². The van der Waals surface area contributed by atoms with Crippen LogP contribution >= 0.6 is 0 Å². The fraction of sp³-hybridized carbons (Fsp3) is 0.400. The minimum atomic E-state index is -0.293. The van der Waals surface area contributed by atoms with E-state index >= 15 is 0 Å². The number of carbonyl (C=O) groups is 2. The summed E-state index contributed by atoms with van der Waals surface area (Å²) in [6.07, 6.45) is 7.28. The highest BCUT2D eigenvalue weighted by atomic mass is 16.3. The SMILES string of the molecule is O=C(CC1CC2CCC1C2)Nc1ccc(NC(=O)c2ccco2)cc1. The van der Waals surface area contributed by atoms with Gasteiger partial charge in [-0.1, -0.05) is 6.42 Å². The molecule has 2 N–H and O–H groups in total. The van der Waals surface area contributed by atoms with Crippen LogP contribution in [-0.4, -0.2) is 11.8 Å². The van der Waals surface area contributed by atoms with Crippen LogP contribution in [0.5, 0.6) is 0 Å². The Hall–Kier alpha value is -2.56. The van der Waals surface area contributed by atoms with E-state index in [2.05, 4.69) is 10.6 Å². The van der Waals surface area contributed by atoms with Gasteiger partial charge in [-0.15, -0.1) is 0 Å². The summed E-state index contributed by atoms with van der Waals surface area (Å²) in [5.41, 5.74) is 1.41. The highest BCUT2D eigenvalue weighted by Gasteiger charge is 2.40. The van der Waals surface area contributed by atoms with Crippen molar-refractivity contribution in [2.24, 2.45) is 17.8 Å². The topological polar surface area (TPSA) is 71.3 Å². The molecule has 2 saturated carbocycles. The lowest BCUT2D eigenvalue weighted by molar-refractivity contribution is -0.117. The number of hydrogen-bond acceptors (Lipinski definition) is 3. The molecule has 2 amide bonds. The molecule has 2 aliphatic carbocycles. The van der Waals surface area contributed by atoms with Gasteiger partial charge in [0.15, 0.2) is 5.76 Å². The third kappa shape index (κ3) is 3.60. The van der Waals surface area contributed by atoms with Crippen molar-refractivity contribution in [3.63, 3.8) is 0 Å². The second-order valence-corrected chi connectivity index (χ2v) is 7.20. The molecule has 0 spiro atoms. The van der Waals surface area contributed by atoms with Crippen LogP contribution in [0.25, 0.3) is 0 Å². The molecule has 1 aromatic heterocycles. The normalized spacial score (nSPS) is 24.2. The van der Waals surface area contributed by atoms with E-state index in [4.69, 9.17) is 4.42 Å². The number of benzene rings is 1. The summed E-state index contributed by atoms with van der Waals surface area (Å²) < 4.78 is 5.06. The first-order valence-corrected chi connectivity index (χ1v) is 8.92. The maximum absolute atomic E-state index is 12.3. The lowest BCUT2D eigenvalue weighted by Crippen LogP contribution is -2.20. The Balaban J connectivity index is 1.29. The molecule has 3 atom stereocenters. The Morgan fingerprint density at radius 3 is 2.36 bits per heavy atom. The van der Waals surface area contributed by atoms with Crippen LogP contribution in [0.15, 0.2) is 47.1 Å². The van der Waals surface area contributed by atoms with Crippen molar-refractivity contribution in [2.45, 2.75) is 32.1 Å². The molecule has 1 aromatic carbocycles. The lowest BCUT2D eigenvalue weighted by atomic mass is 9.86. The molecule has 2 bridgehead atoms. The third-order valence-corrected chi connectivity index (χ3v) is 5.50. The second kappa shape index (κ2) is 6.75. The van der Waals surface area contributed by atoms with E-state index < -0.39 is 0 Å². The zero-order valence-corrected chi connectivity index (χ0v) is 14.0. The van der Waals surface area contributed by atoms with Gasteiger partial charge in [-0.2, -0.15) is 0 Å². The second-order valence-electron chi connectivity index (χ2n) is 7.20. The number of carbonyl (C=O) groups excluding carboxylic acids is 2. The van der Waals surface area contributed by atoms with Crippen molar-refractivity contribution >= 4 is 23.2 Å². The summed E-state index contributed by atoms with van der Waals surface area (Å²) >= 11 is 0. The van der Waals surface area contributed by atoms with Crippen LogP contribution in [0.2, 0.25) is 0 Å². The van der Waals surface area contributed by atoms with Crippen molar-refractivity contribution in [3.05, 3.63) is 48.4 Å². The molecule has 4 rings (SSSR count). The molecule has 2 aliphatic rings. The molecular formula is C20H22N2O3. The predicted molar refractivity (Wildman–Crippen MR) is 95.3 cm³/mol. The van der Waals surface area contributed by atoms with E-state index in [1.165, 1.54) is 31.9 Å². The maximum Gasteiger partial charge on any atom is 0.291 e. The van der Waals surface area contributed by atoms with Crippen molar-refractivity contribution < 1.29 is 14.0 Å². The van der Waals surface area contributed by atoms with Crippen LogP contribution in [0.1, 0.15) is 42.7 Å². The first-order chi connectivity index (χ1) is 12.2. The van der Waals surface area contributed by atoms with Gasteiger partial charge in [-0.05, 0) is 73.4 Å². The average Bonchev–Trinajstić information content (AvgIpc) is 3.34. The zero-order chi connectivity index (χ0) is 17.2. The molecule has 0 radical (unpaired) electrons. The smallest absolute Gasteiger partial charge is 0.291 e. The van der Waals surface area contributed by atoms with Gasteiger partial charge in [0.1, 0.15) is 0 Å². The Bertz CT molecular complexity index is 752. The summed E-state index contributed by atoms with van der Waals surface area (Å²) in [5, 5.41) is 5.72. The van der Waals surface area contributed by atoms with Crippen LogP contribution < -0.4 is 10.6 Å². The molecule has 3 unspecified atom stereocenters. The van der Waals surface area contributed by atoms with E-state index in [-0.39, 0.29) is 17.6 Å². The molecule has 2 fully saturated rings. The van der Waals surface area contributed by atoms with E-state index in [0.717, 1.165) is 17.5 Å². The number of furan rings is 1. The molecule has 25 heavy (non-hydrogen) atoms. The molecule has 0 saturated heterocycles. The van der Waals surface area contributed by atoms with Crippen molar-refractivity contribution in [1.29, 1.82) is 0 Å². The third-order valence-electron chi connectivity index (χ3n) is 5.50. The number of amides is 2. The van der Waals surface area contributed by atoms with Gasteiger partial charge >= 0.3 is 0 Å². The molecule has 5 nitrogen and oxygen atoms in total. The number of hydrogen-bond donors (Lipinski definition) is 2. The van der Waals surface area contributed by atoms with Gasteiger partial charge in [-0.25, -0.2) is 0 Å². The summed E-state index contributed by atoms with van der Waals surface area (Å²) in [6.45, 7) is 0. The molecule has 5 heteroatoms. The van der Waals surface area contributed by atoms with Crippen LogP contribution in [0, 0.1) is 17.8 Å². The van der Waals surface area contributed by atoms with Crippen molar-refractivity contribution in [2.75, 3.05) is 10.6 Å². The maximum atomic E-state index is 12.3. The summed E-state index contributed by atoms with van der Waals surface area (Å²) in [6, 6.07) is 10.4. The van der Waals surface area contributed by atoms with Crippen molar-refractivity contribution in [1.82, 2.24) is 0 Å². The van der Waals surface area contributed by atoms with Crippen LogP contribution in [0.3, 0.4) is 0 Å². The van der Waals surface area contributed by atoms with Crippen LogP contribution in [0.4, 0.5) is 11.4 Å². The minimum Gasteiger partial charge on any atom is -0.459 e. The number of rotatable bonds is 5. The molecule has 1 heterocycles. The Kier molecular flexibility index (Phi) is 4.30. The minimum absolute atomic E-state index is 0.0879. The fourth-order valence-corrected chi connectivity index (χ4v) is 4.31. The molecule has 2 aromatic rings. The monoisotopic (exact) mass is 338 g/mol. The Morgan fingerprint density at radius 1 is 1.00 bits per heavy atom. The highest BCUT2D eigenvalue weighted by Crippen LogP contribution is 2.49. The standard InChI is InChI=1S/C20H22N2O3/c23-19(12-15-11-13-3-4-14(15)10-13)21-16-5-7-17(8-6-16)22-20(24)18-2-1-9-25-18/h1-2,5-9,13-15H,3-4,10-12H2,(H,21,23)(H,22,24). The molecular weight excluding hydrogens is 316 g/mol. The van der Waals surface area contributed by atoms with E-state index in [9.17, 15) is 9.59 Å². The van der Waals surface area contributed by atoms with Crippen LogP contribution in [-0.2, 0) is 4.79 Å². The summed E-state index contributed by atoms with van der Waals surface area (Å²) in [4.78, 5) is 24.2. The predicted octanol–water partition coefficient (Wildman–Crippen LogP) is 4.30. The van der Waals surface area contributed by atoms with Crippen molar-refractivity contribution in [3.8, 4) is 0 Å². The van der Waals surface area contributed by atoms with E-state index in [1.807, 2.05) is 0 Å².